The van der Waals surface area contributed by atoms with Gasteiger partial charge in [-0.25, -0.2) is 4.79 Å². The summed E-state index contributed by atoms with van der Waals surface area (Å²) in [6, 6.07) is 8.44. The van der Waals surface area contributed by atoms with E-state index >= 15 is 0 Å². The van der Waals surface area contributed by atoms with E-state index in [0.717, 1.165) is 18.7 Å². The Labute approximate surface area is 154 Å². The van der Waals surface area contributed by atoms with Gasteiger partial charge in [0.15, 0.2) is 0 Å². The summed E-state index contributed by atoms with van der Waals surface area (Å²) in [6.45, 7) is 8.03. The Morgan fingerprint density at radius 3 is 2.38 bits per heavy atom. The molecular weight excluding hydrogens is 334 g/mol. The van der Waals surface area contributed by atoms with Crippen molar-refractivity contribution in [3.63, 3.8) is 0 Å². The molecule has 1 heterocycles. The first-order chi connectivity index (χ1) is 12.3. The fraction of sp³-hybridized carbons (Fsp3) is 0.579. The number of rotatable bonds is 5. The molecule has 1 amide bonds. The molecule has 7 heteroatoms. The Morgan fingerprint density at radius 2 is 1.81 bits per heavy atom. The van der Waals surface area contributed by atoms with Crippen LogP contribution >= 0.6 is 0 Å². The predicted molar refractivity (Wildman–Crippen MR) is 98.5 cm³/mol. The Kier molecular flexibility index (Phi) is 6.99. The summed E-state index contributed by atoms with van der Waals surface area (Å²) in [5.41, 5.74) is 6.21. The minimum Gasteiger partial charge on any atom is -0.459 e. The smallest absolute Gasteiger partial charge is 0.410 e. The maximum absolute atomic E-state index is 12.5. The van der Waals surface area contributed by atoms with Crippen molar-refractivity contribution in [3.8, 4) is 0 Å². The fourth-order valence-electron chi connectivity index (χ4n) is 2.67. The van der Waals surface area contributed by atoms with E-state index in [9.17, 15) is 9.59 Å². The Bertz CT molecular complexity index is 595. The number of piperazine rings is 1. The van der Waals surface area contributed by atoms with Crippen molar-refractivity contribution in [2.75, 3.05) is 26.2 Å². The number of ether oxygens (including phenoxy) is 2. The van der Waals surface area contributed by atoms with Gasteiger partial charge in [-0.15, -0.1) is 0 Å². The van der Waals surface area contributed by atoms with Crippen LogP contribution in [0.2, 0.25) is 0 Å². The van der Waals surface area contributed by atoms with E-state index in [-0.39, 0.29) is 6.42 Å². The van der Waals surface area contributed by atoms with Crippen LogP contribution in [0.1, 0.15) is 38.9 Å². The average molecular weight is 363 g/mol. The molecule has 1 aliphatic heterocycles. The van der Waals surface area contributed by atoms with Gasteiger partial charge in [0.25, 0.3) is 0 Å². The first kappa shape index (κ1) is 20.2. The lowest BCUT2D eigenvalue weighted by Crippen LogP contribution is -2.47. The van der Waals surface area contributed by atoms with Crippen LogP contribution in [0, 0.1) is 0 Å². The lowest BCUT2D eigenvalue weighted by atomic mass is 10.0. The molecule has 3 N–H and O–H groups in total. The third-order valence-electron chi connectivity index (χ3n) is 3.97. The molecular formula is C19H29N3O4. The normalized spacial score (nSPS) is 17.3. The van der Waals surface area contributed by atoms with Crippen LogP contribution in [-0.2, 0) is 14.3 Å². The first-order valence-corrected chi connectivity index (χ1v) is 8.96. The van der Waals surface area contributed by atoms with E-state index in [0.29, 0.717) is 13.1 Å². The summed E-state index contributed by atoms with van der Waals surface area (Å²) in [7, 11) is 0. The van der Waals surface area contributed by atoms with Gasteiger partial charge in [0.2, 0.25) is 0 Å². The van der Waals surface area contributed by atoms with Crippen LogP contribution in [0.15, 0.2) is 30.3 Å². The minimum atomic E-state index is -0.879. The number of carbonyl (C=O) groups excluding carboxylic acids is 2. The van der Waals surface area contributed by atoms with Gasteiger partial charge in [0.1, 0.15) is 17.7 Å². The quantitative estimate of drug-likeness (QED) is 0.775. The second-order valence-corrected chi connectivity index (χ2v) is 7.40. The molecule has 1 aromatic rings. The Hall–Kier alpha value is -2.12. The molecule has 0 aliphatic carbocycles. The van der Waals surface area contributed by atoms with Crippen molar-refractivity contribution in [1.82, 2.24) is 10.2 Å². The zero-order valence-electron chi connectivity index (χ0n) is 15.7. The number of nitrogens with one attached hydrogen (secondary N) is 1. The average Bonchev–Trinajstić information content (AvgIpc) is 2.61. The topological polar surface area (TPSA) is 93.9 Å². The monoisotopic (exact) mass is 363 g/mol. The summed E-state index contributed by atoms with van der Waals surface area (Å²) >= 11 is 0. The molecule has 0 spiro atoms. The minimum absolute atomic E-state index is 0.163. The molecule has 0 bridgehead atoms. The highest BCUT2D eigenvalue weighted by molar-refractivity contribution is 5.76. The van der Waals surface area contributed by atoms with Gasteiger partial charge >= 0.3 is 12.1 Å². The number of nitrogens with zero attached hydrogens (tertiary/aromatic N) is 1. The maximum atomic E-state index is 12.5. The van der Waals surface area contributed by atoms with Crippen LogP contribution in [0.4, 0.5) is 4.79 Å². The third-order valence-corrected chi connectivity index (χ3v) is 3.97. The van der Waals surface area contributed by atoms with E-state index in [1.807, 2.05) is 30.3 Å². The predicted octanol–water partition coefficient (Wildman–Crippen LogP) is 1.83. The molecule has 1 aliphatic rings. The summed E-state index contributed by atoms with van der Waals surface area (Å²) in [5, 5.41) is 3.19. The standard InChI is InChI=1S/C19H29N3O4/c1-19(2,3)26-17(23)15(20)13-16(14-7-5-4-6-8-14)25-18(24)22-11-9-21-10-12-22/h4-8,15-16,21H,9-13,20H2,1-3H3. The molecule has 2 rings (SSSR count). The fourth-order valence-corrected chi connectivity index (χ4v) is 2.67. The van der Waals surface area contributed by atoms with Crippen LogP contribution in [-0.4, -0.2) is 54.8 Å². The van der Waals surface area contributed by atoms with E-state index in [1.165, 1.54) is 0 Å². The number of benzene rings is 1. The summed E-state index contributed by atoms with van der Waals surface area (Å²) in [4.78, 5) is 26.3. The second kappa shape index (κ2) is 9.00. The second-order valence-electron chi connectivity index (χ2n) is 7.40. The van der Waals surface area contributed by atoms with E-state index in [1.54, 1.807) is 25.7 Å². The lowest BCUT2D eigenvalue weighted by molar-refractivity contribution is -0.157. The maximum Gasteiger partial charge on any atom is 0.410 e. The van der Waals surface area contributed by atoms with Crippen LogP contribution in [0.5, 0.6) is 0 Å². The number of esters is 1. The van der Waals surface area contributed by atoms with Crippen molar-refractivity contribution < 1.29 is 19.1 Å². The molecule has 1 aromatic carbocycles. The molecule has 1 fully saturated rings. The van der Waals surface area contributed by atoms with Crippen LogP contribution in [0.3, 0.4) is 0 Å². The number of hydrogen-bond acceptors (Lipinski definition) is 6. The van der Waals surface area contributed by atoms with Crippen LogP contribution in [0.25, 0.3) is 0 Å². The van der Waals surface area contributed by atoms with Crippen molar-refractivity contribution >= 4 is 12.1 Å². The highest BCUT2D eigenvalue weighted by Crippen LogP contribution is 2.24. The van der Waals surface area contributed by atoms with Gasteiger partial charge in [-0.05, 0) is 26.3 Å². The molecule has 2 unspecified atom stereocenters. The molecule has 2 atom stereocenters. The molecule has 0 saturated carbocycles. The molecule has 7 nitrogen and oxygen atoms in total. The van der Waals surface area contributed by atoms with Gasteiger partial charge in [0, 0.05) is 32.6 Å². The van der Waals surface area contributed by atoms with Gasteiger partial charge < -0.3 is 25.4 Å². The zero-order valence-corrected chi connectivity index (χ0v) is 15.7. The largest absolute Gasteiger partial charge is 0.459 e. The lowest BCUT2D eigenvalue weighted by Gasteiger charge is -2.30. The summed E-state index contributed by atoms with van der Waals surface area (Å²) in [6.07, 6.45) is -0.839. The van der Waals surface area contributed by atoms with Crippen molar-refractivity contribution in [3.05, 3.63) is 35.9 Å². The first-order valence-electron chi connectivity index (χ1n) is 8.96. The Balaban J connectivity index is 2.06. The van der Waals surface area contributed by atoms with Gasteiger partial charge in [-0.3, -0.25) is 4.79 Å². The third kappa shape index (κ3) is 6.31. The van der Waals surface area contributed by atoms with E-state index in [2.05, 4.69) is 5.32 Å². The molecule has 144 valence electrons. The van der Waals surface area contributed by atoms with Crippen molar-refractivity contribution in [2.45, 2.75) is 44.9 Å². The van der Waals surface area contributed by atoms with Crippen molar-refractivity contribution in [2.24, 2.45) is 5.73 Å². The SMILES string of the molecule is CC(C)(C)OC(=O)C(N)CC(OC(=O)N1CCNCC1)c1ccccc1. The molecule has 0 aromatic heterocycles. The molecule has 0 radical (unpaired) electrons. The van der Waals surface area contributed by atoms with Gasteiger partial charge in [-0.2, -0.15) is 0 Å². The van der Waals surface area contributed by atoms with Gasteiger partial charge in [-0.1, -0.05) is 30.3 Å². The molecule has 26 heavy (non-hydrogen) atoms. The number of amides is 1. The number of carbonyl (C=O) groups is 2. The number of hydrogen-bond donors (Lipinski definition) is 2. The summed E-state index contributed by atoms with van der Waals surface area (Å²) < 4.78 is 11.0. The molecule has 1 saturated heterocycles. The summed E-state index contributed by atoms with van der Waals surface area (Å²) in [5.74, 6) is -0.503. The van der Waals surface area contributed by atoms with E-state index < -0.39 is 29.8 Å². The Morgan fingerprint density at radius 1 is 1.19 bits per heavy atom. The highest BCUT2D eigenvalue weighted by Gasteiger charge is 2.29. The van der Waals surface area contributed by atoms with Crippen LogP contribution < -0.4 is 11.1 Å². The number of nitrogens with two attached hydrogens (primary N) is 1. The van der Waals surface area contributed by atoms with Gasteiger partial charge in [0.05, 0.1) is 0 Å². The van der Waals surface area contributed by atoms with Crippen molar-refractivity contribution in [1.29, 1.82) is 0 Å². The highest BCUT2D eigenvalue weighted by atomic mass is 16.6. The van der Waals surface area contributed by atoms with E-state index in [4.69, 9.17) is 15.2 Å². The zero-order chi connectivity index (χ0) is 19.2.